The van der Waals surface area contributed by atoms with E-state index in [1.807, 2.05) is 4.90 Å². The summed E-state index contributed by atoms with van der Waals surface area (Å²) in [6.07, 6.45) is 2.31. The molecule has 2 heterocycles. The van der Waals surface area contributed by atoms with Gasteiger partial charge in [0.1, 0.15) is 22.9 Å². The minimum absolute atomic E-state index is 0.0450. The summed E-state index contributed by atoms with van der Waals surface area (Å²) in [5.41, 5.74) is -0.262. The van der Waals surface area contributed by atoms with Crippen molar-refractivity contribution in [1.29, 1.82) is 0 Å². The third kappa shape index (κ3) is 4.50. The minimum atomic E-state index is -1.33. The number of halogens is 2. The Morgan fingerprint density at radius 1 is 1.06 bits per heavy atom. The van der Waals surface area contributed by atoms with E-state index in [0.29, 0.717) is 43.1 Å². The number of benzene rings is 2. The molecule has 8 nitrogen and oxygen atoms in total. The van der Waals surface area contributed by atoms with Crippen LogP contribution in [0, 0.1) is 11.6 Å². The van der Waals surface area contributed by atoms with E-state index < -0.39 is 29.1 Å². The molecule has 5 rings (SSSR count). The second-order valence-corrected chi connectivity index (χ2v) is 9.16. The van der Waals surface area contributed by atoms with Gasteiger partial charge in [-0.05, 0) is 56.2 Å². The number of carbonyl (C=O) groups is 2. The van der Waals surface area contributed by atoms with Gasteiger partial charge >= 0.3 is 5.97 Å². The van der Waals surface area contributed by atoms with Crippen LogP contribution < -0.4 is 15.1 Å². The summed E-state index contributed by atoms with van der Waals surface area (Å²) >= 11 is 0. The number of piperazine rings is 1. The van der Waals surface area contributed by atoms with Crippen LogP contribution in [0.5, 0.6) is 5.75 Å². The molecule has 0 spiro atoms. The van der Waals surface area contributed by atoms with Crippen LogP contribution in [-0.2, 0) is 4.79 Å². The first-order valence-corrected chi connectivity index (χ1v) is 11.8. The molecule has 1 aliphatic heterocycles. The maximum absolute atomic E-state index is 15.2. The maximum Gasteiger partial charge on any atom is 0.341 e. The highest BCUT2D eigenvalue weighted by Crippen LogP contribution is 2.38. The molecule has 1 amide bonds. The van der Waals surface area contributed by atoms with Crippen molar-refractivity contribution in [1.82, 2.24) is 9.47 Å². The Balaban J connectivity index is 1.33. The maximum atomic E-state index is 15.2. The first kappa shape index (κ1) is 23.8. The number of nitrogens with zero attached hydrogens (tertiary/aromatic N) is 3. The van der Waals surface area contributed by atoms with Gasteiger partial charge in [-0.3, -0.25) is 9.59 Å². The van der Waals surface area contributed by atoms with Gasteiger partial charge in [-0.1, -0.05) is 0 Å². The molecule has 1 saturated heterocycles. The number of aromatic carboxylic acids is 1. The molecule has 1 atom stereocenters. The zero-order valence-electron chi connectivity index (χ0n) is 19.6. The number of carboxylic acid groups (broad SMARTS) is 1. The molecule has 1 aromatic heterocycles. The Morgan fingerprint density at radius 2 is 1.72 bits per heavy atom. The summed E-state index contributed by atoms with van der Waals surface area (Å²) in [6.45, 7) is 3.07. The number of rotatable bonds is 6. The quantitative estimate of drug-likeness (QED) is 0.561. The molecular weight excluding hydrogens is 472 g/mol. The smallest absolute Gasteiger partial charge is 0.341 e. The van der Waals surface area contributed by atoms with Crippen molar-refractivity contribution in [3.8, 4) is 5.75 Å². The van der Waals surface area contributed by atoms with E-state index in [4.69, 9.17) is 4.74 Å². The van der Waals surface area contributed by atoms with Crippen LogP contribution in [0.4, 0.5) is 14.5 Å². The highest BCUT2D eigenvalue weighted by Gasteiger charge is 2.30. The van der Waals surface area contributed by atoms with Gasteiger partial charge in [0, 0.05) is 43.8 Å². The Labute approximate surface area is 205 Å². The van der Waals surface area contributed by atoms with Crippen LogP contribution in [0.1, 0.15) is 36.2 Å². The number of amides is 1. The molecule has 1 N–H and O–H groups in total. The second-order valence-electron chi connectivity index (χ2n) is 9.16. The van der Waals surface area contributed by atoms with Crippen LogP contribution in [0.15, 0.2) is 47.4 Å². The molecule has 2 aliphatic rings. The molecule has 0 radical (unpaired) electrons. The van der Waals surface area contributed by atoms with Gasteiger partial charge in [0.2, 0.25) is 5.43 Å². The number of carboxylic acids is 1. The zero-order chi connectivity index (χ0) is 25.6. The summed E-state index contributed by atoms with van der Waals surface area (Å²) in [7, 11) is 0. The van der Waals surface area contributed by atoms with Gasteiger partial charge in [-0.15, -0.1) is 0 Å². The van der Waals surface area contributed by atoms with Crippen LogP contribution >= 0.6 is 0 Å². The van der Waals surface area contributed by atoms with Crippen molar-refractivity contribution in [2.24, 2.45) is 0 Å². The first-order chi connectivity index (χ1) is 17.2. The van der Waals surface area contributed by atoms with Gasteiger partial charge in [0.15, 0.2) is 6.10 Å². The molecule has 1 saturated carbocycles. The molecule has 3 aromatic rings. The Kier molecular flexibility index (Phi) is 6.11. The summed E-state index contributed by atoms with van der Waals surface area (Å²) < 4.78 is 35.6. The van der Waals surface area contributed by atoms with Gasteiger partial charge in [0.25, 0.3) is 5.91 Å². The third-order valence-corrected chi connectivity index (χ3v) is 6.68. The number of hydrogen-bond donors (Lipinski definition) is 1. The van der Waals surface area contributed by atoms with Gasteiger partial charge in [-0.25, -0.2) is 13.6 Å². The second kappa shape index (κ2) is 9.25. The van der Waals surface area contributed by atoms with Crippen molar-refractivity contribution in [2.45, 2.75) is 31.9 Å². The summed E-state index contributed by atoms with van der Waals surface area (Å²) in [5, 5.41) is 9.46. The molecule has 0 unspecified atom stereocenters. The topological polar surface area (TPSA) is 92.1 Å². The summed E-state index contributed by atoms with van der Waals surface area (Å²) in [5.74, 6) is -2.17. The van der Waals surface area contributed by atoms with Crippen LogP contribution in [0.25, 0.3) is 10.9 Å². The SMILES string of the molecule is C[C@H](Oc1ccc(F)cc1)C(=O)N1CCN(c2cc3c(cc2F)c(=O)c(C(=O)O)cn3C2CC2)CC1. The predicted molar refractivity (Wildman–Crippen MR) is 129 cm³/mol. The summed E-state index contributed by atoms with van der Waals surface area (Å²) in [6, 6.07) is 8.24. The fourth-order valence-corrected chi connectivity index (χ4v) is 4.60. The Hall–Kier alpha value is -3.95. The van der Waals surface area contributed by atoms with Crippen molar-refractivity contribution >= 4 is 28.5 Å². The van der Waals surface area contributed by atoms with Gasteiger partial charge in [0.05, 0.1) is 11.2 Å². The van der Waals surface area contributed by atoms with Crippen LogP contribution in [-0.4, -0.2) is 58.7 Å². The van der Waals surface area contributed by atoms with E-state index in [2.05, 4.69) is 0 Å². The van der Waals surface area contributed by atoms with Gasteiger partial charge < -0.3 is 24.2 Å². The molecular formula is C26H25F2N3O5. The molecule has 2 fully saturated rings. The lowest BCUT2D eigenvalue weighted by atomic mass is 10.1. The van der Waals surface area contributed by atoms with Crippen molar-refractivity contribution in [2.75, 3.05) is 31.1 Å². The number of hydrogen-bond acceptors (Lipinski definition) is 5. The van der Waals surface area contributed by atoms with E-state index in [9.17, 15) is 23.9 Å². The standard InChI is InChI=1S/C26H25F2N3O5/c1-15(36-18-6-2-16(27)3-7-18)25(33)30-10-8-29(9-11-30)23-13-22-19(12-21(23)28)24(32)20(26(34)35)14-31(22)17-4-5-17/h2-3,6-7,12-15,17H,4-5,8-11H2,1H3,(H,34,35)/t15-/m0/s1. The van der Waals surface area contributed by atoms with Crippen molar-refractivity contribution in [3.05, 3.63) is 70.0 Å². The first-order valence-electron chi connectivity index (χ1n) is 11.8. The number of carbonyl (C=O) groups excluding carboxylic acids is 1. The monoisotopic (exact) mass is 497 g/mol. The fraction of sp³-hybridized carbons (Fsp3) is 0.346. The van der Waals surface area contributed by atoms with Crippen LogP contribution in [0.3, 0.4) is 0 Å². The predicted octanol–water partition coefficient (Wildman–Crippen LogP) is 3.43. The highest BCUT2D eigenvalue weighted by molar-refractivity contribution is 5.93. The van der Waals surface area contributed by atoms with Gasteiger partial charge in [-0.2, -0.15) is 0 Å². The molecule has 1 aliphatic carbocycles. The Morgan fingerprint density at radius 3 is 2.33 bits per heavy atom. The normalized spacial score (nSPS) is 16.8. The van der Waals surface area contributed by atoms with Crippen molar-refractivity contribution in [3.63, 3.8) is 0 Å². The average molecular weight is 497 g/mol. The van der Waals surface area contributed by atoms with E-state index >= 15 is 4.39 Å². The molecule has 2 aromatic carbocycles. The van der Waals surface area contributed by atoms with E-state index in [1.165, 1.54) is 30.5 Å². The number of anilines is 1. The van der Waals surface area contributed by atoms with E-state index in [-0.39, 0.29) is 22.9 Å². The fourth-order valence-electron chi connectivity index (χ4n) is 4.60. The third-order valence-electron chi connectivity index (χ3n) is 6.68. The lowest BCUT2D eigenvalue weighted by Crippen LogP contribution is -2.52. The molecule has 10 heteroatoms. The largest absolute Gasteiger partial charge is 0.481 e. The van der Waals surface area contributed by atoms with Crippen LogP contribution in [0.2, 0.25) is 0 Å². The molecule has 0 bridgehead atoms. The number of pyridine rings is 1. The number of fused-ring (bicyclic) bond motifs is 1. The highest BCUT2D eigenvalue weighted by atomic mass is 19.1. The molecule has 188 valence electrons. The number of ether oxygens (including phenoxy) is 1. The summed E-state index contributed by atoms with van der Waals surface area (Å²) in [4.78, 5) is 40.5. The van der Waals surface area contributed by atoms with E-state index in [0.717, 1.165) is 18.9 Å². The Bertz CT molecular complexity index is 1390. The number of aromatic nitrogens is 1. The lowest BCUT2D eigenvalue weighted by molar-refractivity contribution is -0.138. The molecule has 36 heavy (non-hydrogen) atoms. The van der Waals surface area contributed by atoms with E-state index in [1.54, 1.807) is 22.5 Å². The average Bonchev–Trinajstić information content (AvgIpc) is 3.70. The zero-order valence-corrected chi connectivity index (χ0v) is 19.6. The van der Waals surface area contributed by atoms with Crippen molar-refractivity contribution < 1.29 is 28.2 Å². The minimum Gasteiger partial charge on any atom is -0.481 e. The lowest BCUT2D eigenvalue weighted by Gasteiger charge is -2.37.